The summed E-state index contributed by atoms with van der Waals surface area (Å²) in [6.07, 6.45) is 45.4. The number of ether oxygens (including phenoxy) is 3. The molecule has 0 bridgehead atoms. The van der Waals surface area contributed by atoms with Gasteiger partial charge in [-0.1, -0.05) is 152 Å². The lowest BCUT2D eigenvalue weighted by Crippen LogP contribution is -2.50. The minimum absolute atomic E-state index is 0.0478. The molecule has 0 aliphatic heterocycles. The Labute approximate surface area is 337 Å². The van der Waals surface area contributed by atoms with Gasteiger partial charge in [-0.3, -0.25) is 9.59 Å². The molecule has 2 unspecified atom stereocenters. The van der Waals surface area contributed by atoms with E-state index in [0.29, 0.717) is 19.3 Å². The topological polar surface area (TPSA) is 99.1 Å². The van der Waals surface area contributed by atoms with Crippen molar-refractivity contribution >= 4 is 17.9 Å². The van der Waals surface area contributed by atoms with E-state index in [4.69, 9.17) is 14.2 Å². The SMILES string of the molecule is CC/C=C/C=C/C=C/C=C/CCCCCCCC(=O)OCC(COCCC(C(=O)O)[N+](C)(C)C)OC(=O)CCCCCCC/C=C/CCCCCCCCC. The van der Waals surface area contributed by atoms with E-state index in [1.165, 1.54) is 57.8 Å². The summed E-state index contributed by atoms with van der Waals surface area (Å²) in [6, 6.07) is -0.621. The molecule has 0 aliphatic rings. The molecular formula is C47H82NO7+. The van der Waals surface area contributed by atoms with Gasteiger partial charge in [-0.25, -0.2) is 4.79 Å². The molecule has 0 fully saturated rings. The summed E-state index contributed by atoms with van der Waals surface area (Å²) in [7, 11) is 5.51. The summed E-state index contributed by atoms with van der Waals surface area (Å²) in [5.41, 5.74) is 0. The first-order valence-electron chi connectivity index (χ1n) is 21.9. The number of hydrogen-bond donors (Lipinski definition) is 1. The second-order valence-electron chi connectivity index (χ2n) is 15.7. The van der Waals surface area contributed by atoms with E-state index >= 15 is 0 Å². The van der Waals surface area contributed by atoms with Crippen molar-refractivity contribution in [1.29, 1.82) is 0 Å². The van der Waals surface area contributed by atoms with Gasteiger partial charge in [0.15, 0.2) is 12.1 Å². The average Bonchev–Trinajstić information content (AvgIpc) is 3.14. The van der Waals surface area contributed by atoms with Crippen molar-refractivity contribution in [2.75, 3.05) is 41.0 Å². The number of esters is 2. The van der Waals surface area contributed by atoms with Crippen molar-refractivity contribution < 1.29 is 38.2 Å². The Kier molecular flexibility index (Phi) is 35.9. The van der Waals surface area contributed by atoms with E-state index in [1.807, 2.05) is 45.4 Å². The first-order valence-corrected chi connectivity index (χ1v) is 21.9. The van der Waals surface area contributed by atoms with Gasteiger partial charge in [-0.05, 0) is 57.8 Å². The molecule has 0 aromatic carbocycles. The molecule has 0 amide bonds. The van der Waals surface area contributed by atoms with Crippen molar-refractivity contribution in [3.8, 4) is 0 Å². The van der Waals surface area contributed by atoms with Gasteiger partial charge in [0, 0.05) is 19.3 Å². The molecule has 55 heavy (non-hydrogen) atoms. The van der Waals surface area contributed by atoms with Crippen LogP contribution >= 0.6 is 0 Å². The van der Waals surface area contributed by atoms with E-state index < -0.39 is 18.1 Å². The molecular weight excluding hydrogens is 691 g/mol. The highest BCUT2D eigenvalue weighted by atomic mass is 16.6. The van der Waals surface area contributed by atoms with Gasteiger partial charge in [0.25, 0.3) is 0 Å². The van der Waals surface area contributed by atoms with Crippen LogP contribution in [0.3, 0.4) is 0 Å². The predicted molar refractivity (Wildman–Crippen MR) is 229 cm³/mol. The lowest BCUT2D eigenvalue weighted by atomic mass is 10.1. The highest BCUT2D eigenvalue weighted by Gasteiger charge is 2.31. The standard InChI is InChI=1S/C47H81NO7/c1-6-8-10-12-14-16-18-20-22-24-26-28-30-32-34-36-38-46(50)55-43(41-53-40-39-44(47(51)52)48(3,4)5)42-54-45(49)37-35-33-31-29-27-25-23-21-19-17-15-13-11-9-7-2/h9,11,13,15,17,19,21-24,43-44H,6-8,10,12,14,16,18,20,25-42H2,1-5H3/p+1/b11-9+,15-13+,19-17+,23-21+,24-22+. The highest BCUT2D eigenvalue weighted by Crippen LogP contribution is 2.13. The van der Waals surface area contributed by atoms with Gasteiger partial charge in [-0.2, -0.15) is 0 Å². The molecule has 0 radical (unpaired) electrons. The minimum Gasteiger partial charge on any atom is -0.477 e. The number of unbranched alkanes of at least 4 members (excludes halogenated alkanes) is 17. The molecule has 1 N–H and O–H groups in total. The molecule has 0 spiro atoms. The van der Waals surface area contributed by atoms with Crippen LogP contribution in [0.25, 0.3) is 0 Å². The van der Waals surface area contributed by atoms with Crippen LogP contribution in [0.2, 0.25) is 0 Å². The predicted octanol–water partition coefficient (Wildman–Crippen LogP) is 11.8. The molecule has 0 aromatic heterocycles. The number of carboxylic acids is 1. The van der Waals surface area contributed by atoms with Gasteiger partial charge in [0.1, 0.15) is 6.61 Å². The smallest absolute Gasteiger partial charge is 0.362 e. The van der Waals surface area contributed by atoms with E-state index in [2.05, 4.69) is 50.3 Å². The second-order valence-corrected chi connectivity index (χ2v) is 15.7. The fourth-order valence-electron chi connectivity index (χ4n) is 6.10. The van der Waals surface area contributed by atoms with Gasteiger partial charge in [0.05, 0.1) is 34.4 Å². The molecule has 2 atom stereocenters. The Morgan fingerprint density at radius 3 is 1.56 bits per heavy atom. The number of carbonyl (C=O) groups excluding carboxylic acids is 2. The molecule has 0 saturated carbocycles. The van der Waals surface area contributed by atoms with E-state index in [1.54, 1.807) is 0 Å². The minimum atomic E-state index is -0.882. The molecule has 8 heteroatoms. The van der Waals surface area contributed by atoms with Crippen LogP contribution in [0.4, 0.5) is 0 Å². The number of hydrogen-bond acceptors (Lipinski definition) is 6. The maximum absolute atomic E-state index is 12.7. The number of likely N-dealkylation sites (N-methyl/N-ethyl adjacent to an activating group) is 1. The van der Waals surface area contributed by atoms with Crippen molar-refractivity contribution in [2.24, 2.45) is 0 Å². The van der Waals surface area contributed by atoms with E-state index in [0.717, 1.165) is 77.0 Å². The van der Waals surface area contributed by atoms with Crippen LogP contribution in [0, 0.1) is 0 Å². The van der Waals surface area contributed by atoms with Crippen LogP contribution in [-0.2, 0) is 28.6 Å². The number of carbonyl (C=O) groups is 3. The summed E-state index contributed by atoms with van der Waals surface area (Å²) in [4.78, 5) is 37.0. The fourth-order valence-corrected chi connectivity index (χ4v) is 6.10. The number of rotatable bonds is 38. The Balaban J connectivity index is 4.41. The number of allylic oxidation sites excluding steroid dienone is 10. The maximum atomic E-state index is 12.7. The van der Waals surface area contributed by atoms with Gasteiger partial charge >= 0.3 is 17.9 Å². The highest BCUT2D eigenvalue weighted by molar-refractivity contribution is 5.72. The summed E-state index contributed by atoms with van der Waals surface area (Å²) in [5.74, 6) is -1.51. The van der Waals surface area contributed by atoms with Gasteiger partial charge < -0.3 is 23.8 Å². The van der Waals surface area contributed by atoms with Crippen molar-refractivity contribution in [3.63, 3.8) is 0 Å². The Morgan fingerprint density at radius 1 is 0.564 bits per heavy atom. The van der Waals surface area contributed by atoms with Crippen LogP contribution in [0.5, 0.6) is 0 Å². The van der Waals surface area contributed by atoms with Crippen LogP contribution in [0.1, 0.15) is 168 Å². The molecule has 0 heterocycles. The quantitative estimate of drug-likeness (QED) is 0.0219. The summed E-state index contributed by atoms with van der Waals surface area (Å²) >= 11 is 0. The lowest BCUT2D eigenvalue weighted by molar-refractivity contribution is -0.887. The zero-order chi connectivity index (χ0) is 40.7. The summed E-state index contributed by atoms with van der Waals surface area (Å²) < 4.78 is 17.2. The zero-order valence-corrected chi connectivity index (χ0v) is 35.9. The first kappa shape index (κ1) is 52.0. The number of carboxylic acid groups (broad SMARTS) is 1. The zero-order valence-electron chi connectivity index (χ0n) is 35.9. The molecule has 0 aliphatic carbocycles. The van der Waals surface area contributed by atoms with Gasteiger partial charge in [0.2, 0.25) is 0 Å². The second kappa shape index (κ2) is 37.9. The third-order valence-electron chi connectivity index (χ3n) is 9.50. The van der Waals surface area contributed by atoms with Crippen molar-refractivity contribution in [2.45, 2.75) is 180 Å². The van der Waals surface area contributed by atoms with Gasteiger partial charge in [-0.15, -0.1) is 0 Å². The first-order chi connectivity index (χ1) is 26.6. The summed E-state index contributed by atoms with van der Waals surface area (Å²) in [5, 5.41) is 9.61. The van der Waals surface area contributed by atoms with Crippen molar-refractivity contribution in [1.82, 2.24) is 0 Å². The largest absolute Gasteiger partial charge is 0.477 e. The third-order valence-corrected chi connectivity index (χ3v) is 9.50. The van der Waals surface area contributed by atoms with E-state index in [9.17, 15) is 19.5 Å². The average molecular weight is 773 g/mol. The molecule has 8 nitrogen and oxygen atoms in total. The monoisotopic (exact) mass is 773 g/mol. The van der Waals surface area contributed by atoms with Crippen molar-refractivity contribution in [3.05, 3.63) is 60.8 Å². The molecule has 316 valence electrons. The molecule has 0 saturated heterocycles. The van der Waals surface area contributed by atoms with Crippen LogP contribution in [-0.4, -0.2) is 80.6 Å². The third kappa shape index (κ3) is 36.4. The molecule has 0 rings (SSSR count). The Hall–Kier alpha value is -2.97. The normalized spacial score (nSPS) is 13.5. The number of nitrogens with zero attached hydrogens (tertiary/aromatic N) is 1. The summed E-state index contributed by atoms with van der Waals surface area (Å²) in [6.45, 7) is 4.55. The van der Waals surface area contributed by atoms with Crippen LogP contribution in [0.15, 0.2) is 60.8 Å². The maximum Gasteiger partial charge on any atom is 0.362 e. The number of aliphatic carboxylic acids is 1. The Bertz CT molecular complexity index is 1090. The number of quaternary nitrogens is 1. The fraction of sp³-hybridized carbons (Fsp3) is 0.723. The van der Waals surface area contributed by atoms with E-state index in [-0.39, 0.29) is 36.2 Å². The Morgan fingerprint density at radius 2 is 1.04 bits per heavy atom. The van der Waals surface area contributed by atoms with Crippen LogP contribution < -0.4 is 0 Å². The lowest BCUT2D eigenvalue weighted by Gasteiger charge is -2.31. The molecule has 0 aromatic rings.